The van der Waals surface area contributed by atoms with Crippen molar-refractivity contribution in [1.29, 1.82) is 0 Å². The van der Waals surface area contributed by atoms with Gasteiger partial charge in [0.25, 0.3) is 0 Å². The summed E-state index contributed by atoms with van der Waals surface area (Å²) in [5.74, 6) is 2.24. The molecule has 2 aromatic carbocycles. The monoisotopic (exact) mass is 372 g/mol. The number of ether oxygens (including phenoxy) is 3. The minimum Gasteiger partial charge on any atom is -0.497 e. The van der Waals surface area contributed by atoms with E-state index < -0.39 is 0 Å². The van der Waals surface area contributed by atoms with Crippen molar-refractivity contribution in [3.05, 3.63) is 53.6 Å². The number of amides is 2. The number of carbonyl (C=O) groups excluding carboxylic acids is 1. The molecule has 0 radical (unpaired) electrons. The Bertz CT molecular complexity index is 717. The smallest absolute Gasteiger partial charge is 0.314 e. The van der Waals surface area contributed by atoms with Gasteiger partial charge in [0.1, 0.15) is 5.75 Å². The van der Waals surface area contributed by atoms with Crippen LogP contribution in [0.4, 0.5) is 4.79 Å². The zero-order chi connectivity index (χ0) is 19.5. The van der Waals surface area contributed by atoms with E-state index in [-0.39, 0.29) is 6.03 Å². The zero-order valence-electron chi connectivity index (χ0n) is 16.2. The number of hydrogen-bond acceptors (Lipinski definition) is 4. The Balaban J connectivity index is 1.63. The molecule has 0 aliphatic carbocycles. The molecule has 0 saturated heterocycles. The first-order valence-electron chi connectivity index (χ1n) is 9.01. The molecule has 2 N–H and O–H groups in total. The van der Waals surface area contributed by atoms with Gasteiger partial charge in [0.15, 0.2) is 11.5 Å². The van der Waals surface area contributed by atoms with Crippen LogP contribution in [0, 0.1) is 0 Å². The summed E-state index contributed by atoms with van der Waals surface area (Å²) >= 11 is 0. The van der Waals surface area contributed by atoms with E-state index in [0.29, 0.717) is 24.6 Å². The van der Waals surface area contributed by atoms with E-state index >= 15 is 0 Å². The Morgan fingerprint density at radius 1 is 0.778 bits per heavy atom. The molecule has 0 unspecified atom stereocenters. The largest absolute Gasteiger partial charge is 0.497 e. The van der Waals surface area contributed by atoms with Gasteiger partial charge < -0.3 is 24.8 Å². The van der Waals surface area contributed by atoms with Crippen molar-refractivity contribution in [2.75, 3.05) is 34.4 Å². The summed E-state index contributed by atoms with van der Waals surface area (Å²) in [6.45, 7) is 1.19. The summed E-state index contributed by atoms with van der Waals surface area (Å²) in [4.78, 5) is 11.9. The van der Waals surface area contributed by atoms with E-state index in [4.69, 9.17) is 14.2 Å². The topological polar surface area (TPSA) is 68.8 Å². The van der Waals surface area contributed by atoms with Crippen LogP contribution in [0.5, 0.6) is 17.2 Å². The molecule has 0 aromatic heterocycles. The van der Waals surface area contributed by atoms with E-state index in [1.807, 2.05) is 42.5 Å². The van der Waals surface area contributed by atoms with Gasteiger partial charge in [-0.15, -0.1) is 0 Å². The summed E-state index contributed by atoms with van der Waals surface area (Å²) in [5.41, 5.74) is 2.30. The van der Waals surface area contributed by atoms with Gasteiger partial charge in [-0.05, 0) is 54.7 Å². The number of urea groups is 1. The lowest BCUT2D eigenvalue weighted by molar-refractivity contribution is 0.241. The number of methoxy groups -OCH3 is 3. The molecule has 6 heteroatoms. The van der Waals surface area contributed by atoms with Crippen LogP contribution < -0.4 is 24.8 Å². The Hall–Kier alpha value is -2.89. The van der Waals surface area contributed by atoms with Crippen molar-refractivity contribution < 1.29 is 19.0 Å². The van der Waals surface area contributed by atoms with Crippen LogP contribution >= 0.6 is 0 Å². The van der Waals surface area contributed by atoms with Gasteiger partial charge in [-0.25, -0.2) is 4.79 Å². The second-order valence-electron chi connectivity index (χ2n) is 6.07. The van der Waals surface area contributed by atoms with Crippen LogP contribution in [0.2, 0.25) is 0 Å². The highest BCUT2D eigenvalue weighted by molar-refractivity contribution is 5.73. The molecule has 2 aromatic rings. The lowest BCUT2D eigenvalue weighted by Gasteiger charge is -2.10. The molecule has 0 spiro atoms. The highest BCUT2D eigenvalue weighted by Crippen LogP contribution is 2.27. The molecule has 2 rings (SSSR count). The second-order valence-corrected chi connectivity index (χ2v) is 6.07. The fourth-order valence-electron chi connectivity index (χ4n) is 2.71. The number of aryl methyl sites for hydroxylation is 1. The summed E-state index contributed by atoms with van der Waals surface area (Å²) in [6, 6.07) is 13.6. The normalized spacial score (nSPS) is 10.2. The van der Waals surface area contributed by atoms with Crippen molar-refractivity contribution in [1.82, 2.24) is 10.6 Å². The van der Waals surface area contributed by atoms with Crippen LogP contribution in [0.15, 0.2) is 42.5 Å². The lowest BCUT2D eigenvalue weighted by atomic mass is 10.1. The van der Waals surface area contributed by atoms with Gasteiger partial charge in [-0.1, -0.05) is 18.2 Å². The van der Waals surface area contributed by atoms with Gasteiger partial charge in [-0.2, -0.15) is 0 Å². The Labute approximate surface area is 160 Å². The molecule has 0 aliphatic heterocycles. The quantitative estimate of drug-likeness (QED) is 0.629. The molecule has 2 amide bonds. The van der Waals surface area contributed by atoms with Crippen LogP contribution in [0.1, 0.15) is 17.5 Å². The third-order valence-electron chi connectivity index (χ3n) is 4.23. The van der Waals surface area contributed by atoms with Crippen LogP contribution in [-0.2, 0) is 12.8 Å². The van der Waals surface area contributed by atoms with Gasteiger partial charge in [0.2, 0.25) is 0 Å². The van der Waals surface area contributed by atoms with E-state index in [1.165, 1.54) is 5.56 Å². The molecule has 0 atom stereocenters. The van der Waals surface area contributed by atoms with Gasteiger partial charge in [-0.3, -0.25) is 0 Å². The van der Waals surface area contributed by atoms with Crippen molar-refractivity contribution in [3.63, 3.8) is 0 Å². The summed E-state index contributed by atoms with van der Waals surface area (Å²) in [6.07, 6.45) is 2.52. The molecular weight excluding hydrogens is 344 g/mol. The number of hydrogen-bond donors (Lipinski definition) is 2. The number of nitrogens with one attached hydrogen (secondary N) is 2. The Kier molecular flexibility index (Phi) is 8.29. The molecule has 0 saturated carbocycles. The summed E-state index contributed by atoms with van der Waals surface area (Å²) in [5, 5.41) is 5.76. The summed E-state index contributed by atoms with van der Waals surface area (Å²) in [7, 11) is 4.88. The molecule has 0 aliphatic rings. The van der Waals surface area contributed by atoms with Crippen LogP contribution in [0.25, 0.3) is 0 Å². The van der Waals surface area contributed by atoms with Crippen LogP contribution in [-0.4, -0.2) is 40.5 Å². The average Bonchev–Trinajstić information content (AvgIpc) is 2.71. The second kappa shape index (κ2) is 11.0. The Morgan fingerprint density at radius 3 is 2.11 bits per heavy atom. The number of carbonyl (C=O) groups is 1. The first-order valence-corrected chi connectivity index (χ1v) is 9.01. The third kappa shape index (κ3) is 6.73. The minimum absolute atomic E-state index is 0.148. The maximum atomic E-state index is 11.9. The highest BCUT2D eigenvalue weighted by atomic mass is 16.5. The molecule has 6 nitrogen and oxygen atoms in total. The molecule has 146 valence electrons. The Morgan fingerprint density at radius 2 is 1.44 bits per heavy atom. The standard InChI is InChI=1S/C21H28N2O4/c1-25-18-9-6-16(7-10-18)5-4-13-22-21(24)23-14-12-17-8-11-19(26-2)20(15-17)27-3/h6-11,15H,4-5,12-14H2,1-3H3,(H2,22,23,24). The molecular formula is C21H28N2O4. The fourth-order valence-corrected chi connectivity index (χ4v) is 2.71. The zero-order valence-corrected chi connectivity index (χ0v) is 16.2. The van der Waals surface area contributed by atoms with Crippen molar-refractivity contribution in [3.8, 4) is 17.2 Å². The lowest BCUT2D eigenvalue weighted by Crippen LogP contribution is -2.37. The van der Waals surface area contributed by atoms with Gasteiger partial charge in [0.05, 0.1) is 21.3 Å². The van der Waals surface area contributed by atoms with Crippen molar-refractivity contribution in [2.24, 2.45) is 0 Å². The van der Waals surface area contributed by atoms with E-state index in [0.717, 1.165) is 30.6 Å². The van der Waals surface area contributed by atoms with Crippen LogP contribution in [0.3, 0.4) is 0 Å². The van der Waals surface area contributed by atoms with E-state index in [2.05, 4.69) is 10.6 Å². The molecule has 0 heterocycles. The maximum Gasteiger partial charge on any atom is 0.314 e. The first kappa shape index (κ1) is 20.4. The van der Waals surface area contributed by atoms with Gasteiger partial charge >= 0.3 is 6.03 Å². The average molecular weight is 372 g/mol. The first-order chi connectivity index (χ1) is 13.2. The van der Waals surface area contributed by atoms with E-state index in [9.17, 15) is 4.79 Å². The SMILES string of the molecule is COc1ccc(CCCNC(=O)NCCc2ccc(OC)c(OC)c2)cc1. The number of rotatable bonds is 10. The summed E-state index contributed by atoms with van der Waals surface area (Å²) < 4.78 is 15.7. The molecule has 27 heavy (non-hydrogen) atoms. The van der Waals surface area contributed by atoms with Crippen molar-refractivity contribution >= 4 is 6.03 Å². The minimum atomic E-state index is -0.148. The van der Waals surface area contributed by atoms with Crippen molar-refractivity contribution in [2.45, 2.75) is 19.3 Å². The number of benzene rings is 2. The van der Waals surface area contributed by atoms with Gasteiger partial charge in [0, 0.05) is 13.1 Å². The highest BCUT2D eigenvalue weighted by Gasteiger charge is 2.05. The fraction of sp³-hybridized carbons (Fsp3) is 0.381. The molecule has 0 fully saturated rings. The predicted octanol–water partition coefficient (Wildman–Crippen LogP) is 3.19. The maximum absolute atomic E-state index is 11.9. The third-order valence-corrected chi connectivity index (χ3v) is 4.23. The molecule has 0 bridgehead atoms. The predicted molar refractivity (Wildman–Crippen MR) is 106 cm³/mol. The van der Waals surface area contributed by atoms with E-state index in [1.54, 1.807) is 21.3 Å².